The van der Waals surface area contributed by atoms with Crippen molar-refractivity contribution in [3.05, 3.63) is 42.2 Å². The number of aliphatic hydroxyl groups excluding tert-OH is 1. The van der Waals surface area contributed by atoms with Crippen LogP contribution in [0.1, 0.15) is 25.0 Å². The van der Waals surface area contributed by atoms with Crippen molar-refractivity contribution in [2.75, 3.05) is 0 Å². The van der Waals surface area contributed by atoms with E-state index >= 15 is 0 Å². The molecule has 0 bridgehead atoms. The average molecular weight is 248 g/mol. The van der Waals surface area contributed by atoms with Crippen molar-refractivity contribution in [1.29, 1.82) is 0 Å². The number of imidazole rings is 1. The van der Waals surface area contributed by atoms with Gasteiger partial charge in [-0.1, -0.05) is 30.8 Å². The van der Waals surface area contributed by atoms with Gasteiger partial charge in [-0.3, -0.25) is 0 Å². The maximum atomic E-state index is 9.70. The van der Waals surface area contributed by atoms with E-state index < -0.39 is 0 Å². The third-order valence-electron chi connectivity index (χ3n) is 2.64. The maximum absolute atomic E-state index is 9.70. The Morgan fingerprint density at radius 3 is 2.59 bits per heavy atom. The van der Waals surface area contributed by atoms with Gasteiger partial charge in [0.25, 0.3) is 0 Å². The largest absolute Gasteiger partial charge is 0.388 e. The van der Waals surface area contributed by atoms with Crippen molar-refractivity contribution in [3.8, 4) is 0 Å². The van der Waals surface area contributed by atoms with Crippen LogP contribution in [0.25, 0.3) is 0 Å². The number of aliphatic hydroxyl groups is 1. The van der Waals surface area contributed by atoms with Crippen LogP contribution in [0.15, 0.2) is 46.7 Å². The molecule has 90 valence electrons. The quantitative estimate of drug-likeness (QED) is 0.904. The average Bonchev–Trinajstić information content (AvgIpc) is 2.75. The van der Waals surface area contributed by atoms with E-state index in [2.05, 4.69) is 4.98 Å². The van der Waals surface area contributed by atoms with Gasteiger partial charge in [0.15, 0.2) is 5.16 Å². The molecule has 1 unspecified atom stereocenters. The first-order valence-electron chi connectivity index (χ1n) is 5.64. The van der Waals surface area contributed by atoms with E-state index in [9.17, 15) is 5.11 Å². The van der Waals surface area contributed by atoms with Crippen LogP contribution in [-0.4, -0.2) is 14.7 Å². The van der Waals surface area contributed by atoms with Gasteiger partial charge >= 0.3 is 0 Å². The molecule has 0 spiro atoms. The standard InChI is InChI=1S/C13H16N2OS/c1-3-12(16)10-4-6-11(7-5-10)17-13-14-8-9-15(13)2/h4-9,12,16H,3H2,1-2H3. The van der Waals surface area contributed by atoms with E-state index in [1.807, 2.05) is 49.0 Å². The Hall–Kier alpha value is -1.26. The molecule has 3 nitrogen and oxygen atoms in total. The number of hydrogen-bond donors (Lipinski definition) is 1. The molecule has 2 rings (SSSR count). The molecule has 0 saturated heterocycles. The third kappa shape index (κ3) is 2.90. The fraction of sp³-hybridized carbons (Fsp3) is 0.308. The van der Waals surface area contributed by atoms with Gasteiger partial charge in [-0.15, -0.1) is 0 Å². The van der Waals surface area contributed by atoms with Crippen LogP contribution in [0, 0.1) is 0 Å². The normalized spacial score (nSPS) is 12.6. The molecule has 0 amide bonds. The predicted molar refractivity (Wildman–Crippen MR) is 69.0 cm³/mol. The molecular formula is C13H16N2OS. The highest BCUT2D eigenvalue weighted by Gasteiger charge is 2.06. The van der Waals surface area contributed by atoms with E-state index in [-0.39, 0.29) is 6.10 Å². The number of rotatable bonds is 4. The predicted octanol–water partition coefficient (Wildman–Crippen LogP) is 3.01. The molecule has 0 fully saturated rings. The Kier molecular flexibility index (Phi) is 3.86. The zero-order valence-corrected chi connectivity index (χ0v) is 10.8. The van der Waals surface area contributed by atoms with E-state index in [1.54, 1.807) is 18.0 Å². The fourth-order valence-corrected chi connectivity index (χ4v) is 2.35. The molecule has 1 aromatic heterocycles. The second-order valence-corrected chi connectivity index (χ2v) is 4.96. The van der Waals surface area contributed by atoms with Crippen molar-refractivity contribution >= 4 is 11.8 Å². The van der Waals surface area contributed by atoms with Crippen LogP contribution < -0.4 is 0 Å². The molecule has 0 aliphatic carbocycles. The lowest BCUT2D eigenvalue weighted by Gasteiger charge is -2.08. The van der Waals surface area contributed by atoms with Crippen LogP contribution >= 0.6 is 11.8 Å². The van der Waals surface area contributed by atoms with Crippen LogP contribution in [0.2, 0.25) is 0 Å². The molecule has 2 aromatic rings. The zero-order valence-electron chi connectivity index (χ0n) is 10.00. The fourth-order valence-electron chi connectivity index (χ4n) is 1.55. The molecule has 1 heterocycles. The van der Waals surface area contributed by atoms with E-state index in [0.717, 1.165) is 22.0 Å². The monoisotopic (exact) mass is 248 g/mol. The molecule has 0 aliphatic heterocycles. The highest BCUT2D eigenvalue weighted by Crippen LogP contribution is 2.27. The summed E-state index contributed by atoms with van der Waals surface area (Å²) in [6.45, 7) is 1.97. The van der Waals surface area contributed by atoms with Gasteiger partial charge in [-0.2, -0.15) is 0 Å². The number of benzene rings is 1. The van der Waals surface area contributed by atoms with Gasteiger partial charge in [0.2, 0.25) is 0 Å². The van der Waals surface area contributed by atoms with Crippen LogP contribution in [0.5, 0.6) is 0 Å². The van der Waals surface area contributed by atoms with Gasteiger partial charge in [-0.05, 0) is 24.1 Å². The smallest absolute Gasteiger partial charge is 0.172 e. The van der Waals surface area contributed by atoms with Crippen molar-refractivity contribution < 1.29 is 5.11 Å². The molecule has 0 saturated carbocycles. The van der Waals surface area contributed by atoms with Crippen molar-refractivity contribution in [2.24, 2.45) is 7.05 Å². The Bertz CT molecular complexity index is 478. The van der Waals surface area contributed by atoms with Gasteiger partial charge in [0.05, 0.1) is 6.10 Å². The Balaban J connectivity index is 2.11. The molecule has 17 heavy (non-hydrogen) atoms. The van der Waals surface area contributed by atoms with Crippen LogP contribution in [0.4, 0.5) is 0 Å². The summed E-state index contributed by atoms with van der Waals surface area (Å²) in [5.74, 6) is 0. The first-order chi connectivity index (χ1) is 8.20. The van der Waals surface area contributed by atoms with Gasteiger partial charge in [-0.25, -0.2) is 4.98 Å². The zero-order chi connectivity index (χ0) is 12.3. The van der Waals surface area contributed by atoms with Gasteiger partial charge < -0.3 is 9.67 Å². The Morgan fingerprint density at radius 2 is 2.06 bits per heavy atom. The Morgan fingerprint density at radius 1 is 1.35 bits per heavy atom. The number of nitrogens with zero attached hydrogens (tertiary/aromatic N) is 2. The second-order valence-electron chi connectivity index (χ2n) is 3.92. The second kappa shape index (κ2) is 5.38. The third-order valence-corrected chi connectivity index (χ3v) is 3.72. The first kappa shape index (κ1) is 12.2. The summed E-state index contributed by atoms with van der Waals surface area (Å²) in [5, 5.41) is 10.7. The number of hydrogen-bond acceptors (Lipinski definition) is 3. The maximum Gasteiger partial charge on any atom is 0.172 e. The first-order valence-corrected chi connectivity index (χ1v) is 6.45. The summed E-state index contributed by atoms with van der Waals surface area (Å²) in [4.78, 5) is 5.39. The number of aromatic nitrogens is 2. The molecule has 1 atom stereocenters. The SMILES string of the molecule is CCC(O)c1ccc(Sc2nccn2C)cc1. The highest BCUT2D eigenvalue weighted by atomic mass is 32.2. The van der Waals surface area contributed by atoms with E-state index in [0.29, 0.717) is 0 Å². The van der Waals surface area contributed by atoms with Crippen molar-refractivity contribution in [3.63, 3.8) is 0 Å². The summed E-state index contributed by atoms with van der Waals surface area (Å²) < 4.78 is 1.99. The summed E-state index contributed by atoms with van der Waals surface area (Å²) >= 11 is 1.62. The summed E-state index contributed by atoms with van der Waals surface area (Å²) in [6.07, 6.45) is 4.10. The lowest BCUT2D eigenvalue weighted by Crippen LogP contribution is -1.94. The molecule has 1 aromatic carbocycles. The minimum absolute atomic E-state index is 0.359. The topological polar surface area (TPSA) is 38.1 Å². The van der Waals surface area contributed by atoms with Gasteiger partial charge in [0.1, 0.15) is 0 Å². The molecule has 0 radical (unpaired) electrons. The van der Waals surface area contributed by atoms with Crippen molar-refractivity contribution in [2.45, 2.75) is 29.5 Å². The molecule has 0 aliphatic rings. The van der Waals surface area contributed by atoms with E-state index in [4.69, 9.17) is 0 Å². The minimum atomic E-state index is -0.359. The molecule has 1 N–H and O–H groups in total. The lowest BCUT2D eigenvalue weighted by molar-refractivity contribution is 0.173. The van der Waals surface area contributed by atoms with Crippen LogP contribution in [-0.2, 0) is 7.05 Å². The van der Waals surface area contributed by atoms with Crippen LogP contribution in [0.3, 0.4) is 0 Å². The summed E-state index contributed by atoms with van der Waals surface area (Å²) in [6, 6.07) is 7.99. The summed E-state index contributed by atoms with van der Waals surface area (Å²) in [7, 11) is 1.98. The van der Waals surface area contributed by atoms with Gasteiger partial charge in [0, 0.05) is 24.3 Å². The highest BCUT2D eigenvalue weighted by molar-refractivity contribution is 7.99. The molecular weight excluding hydrogens is 232 g/mol. The molecule has 4 heteroatoms. The number of aryl methyl sites for hydroxylation is 1. The summed E-state index contributed by atoms with van der Waals surface area (Å²) in [5.41, 5.74) is 0.969. The van der Waals surface area contributed by atoms with E-state index in [1.165, 1.54) is 0 Å². The lowest BCUT2D eigenvalue weighted by atomic mass is 10.1. The van der Waals surface area contributed by atoms with Crippen molar-refractivity contribution in [1.82, 2.24) is 9.55 Å². The Labute approximate surface area is 106 Å². The minimum Gasteiger partial charge on any atom is -0.388 e.